The van der Waals surface area contributed by atoms with Crippen LogP contribution in [0.3, 0.4) is 0 Å². The predicted molar refractivity (Wildman–Crippen MR) is 90.4 cm³/mol. The molecule has 0 aromatic carbocycles. The molecule has 0 N–H and O–H groups in total. The summed E-state index contributed by atoms with van der Waals surface area (Å²) in [6, 6.07) is 3.93. The van der Waals surface area contributed by atoms with E-state index in [2.05, 4.69) is 4.98 Å². The number of fused-ring (bicyclic) bond motifs is 1. The van der Waals surface area contributed by atoms with Gasteiger partial charge in [-0.1, -0.05) is 6.07 Å². The molecule has 1 aromatic rings. The van der Waals surface area contributed by atoms with Crippen molar-refractivity contribution in [2.75, 3.05) is 46.9 Å². The number of likely N-dealkylation sites (N-methyl/N-ethyl adjacent to an activating group) is 1. The van der Waals surface area contributed by atoms with Crippen LogP contribution in [0, 0.1) is 5.41 Å². The normalized spacial score (nSPS) is 26.6. The second-order valence-electron chi connectivity index (χ2n) is 7.17. The number of amides is 1. The SMILES string of the molecule is CN(C)CC(=O)N1CC[C@@H]2OCC[C@]2(COCc2cccnc2)C1. The summed E-state index contributed by atoms with van der Waals surface area (Å²) in [5.41, 5.74) is 1.00. The van der Waals surface area contributed by atoms with Gasteiger partial charge in [-0.3, -0.25) is 9.78 Å². The van der Waals surface area contributed by atoms with Crippen LogP contribution in [-0.2, 0) is 20.9 Å². The summed E-state index contributed by atoms with van der Waals surface area (Å²) >= 11 is 0. The first-order chi connectivity index (χ1) is 11.6. The van der Waals surface area contributed by atoms with Gasteiger partial charge in [0.25, 0.3) is 0 Å². The van der Waals surface area contributed by atoms with E-state index in [4.69, 9.17) is 9.47 Å². The van der Waals surface area contributed by atoms with Gasteiger partial charge in [0, 0.05) is 37.5 Å². The fraction of sp³-hybridized carbons (Fsp3) is 0.667. The standard InChI is InChI=1S/C18H27N3O3/c1-20(2)11-17(22)21-8-5-16-18(13-21,6-9-24-16)14-23-12-15-4-3-7-19-10-15/h3-4,7,10,16H,5-6,8-9,11-14H2,1-2H3/t16-,18+/m0/s1. The molecule has 0 spiro atoms. The average molecular weight is 333 g/mol. The highest BCUT2D eigenvalue weighted by Crippen LogP contribution is 2.41. The van der Waals surface area contributed by atoms with Crippen LogP contribution in [0.25, 0.3) is 0 Å². The van der Waals surface area contributed by atoms with E-state index in [9.17, 15) is 4.79 Å². The van der Waals surface area contributed by atoms with Crippen molar-refractivity contribution in [2.24, 2.45) is 5.41 Å². The Morgan fingerprint density at radius 2 is 2.42 bits per heavy atom. The molecule has 6 heteroatoms. The Labute approximate surface area is 143 Å². The molecule has 0 unspecified atom stereocenters. The number of carbonyl (C=O) groups is 1. The molecule has 2 atom stereocenters. The zero-order valence-electron chi connectivity index (χ0n) is 14.6. The molecule has 2 saturated heterocycles. The van der Waals surface area contributed by atoms with Crippen LogP contribution in [0.15, 0.2) is 24.5 Å². The monoisotopic (exact) mass is 333 g/mol. The molecule has 24 heavy (non-hydrogen) atoms. The maximum absolute atomic E-state index is 12.4. The minimum Gasteiger partial charge on any atom is -0.377 e. The molecule has 0 aliphatic carbocycles. The zero-order valence-corrected chi connectivity index (χ0v) is 14.6. The second kappa shape index (κ2) is 7.59. The van der Waals surface area contributed by atoms with Crippen LogP contribution >= 0.6 is 0 Å². The number of ether oxygens (including phenoxy) is 2. The van der Waals surface area contributed by atoms with Crippen molar-refractivity contribution in [3.8, 4) is 0 Å². The molecule has 0 bridgehead atoms. The number of hydrogen-bond donors (Lipinski definition) is 0. The van der Waals surface area contributed by atoms with Gasteiger partial charge in [0.05, 0.1) is 25.9 Å². The molecule has 6 nitrogen and oxygen atoms in total. The molecule has 3 heterocycles. The van der Waals surface area contributed by atoms with Gasteiger partial charge >= 0.3 is 0 Å². The van der Waals surface area contributed by atoms with E-state index in [1.807, 2.05) is 42.2 Å². The minimum absolute atomic E-state index is 0.0670. The molecular weight excluding hydrogens is 306 g/mol. The smallest absolute Gasteiger partial charge is 0.236 e. The van der Waals surface area contributed by atoms with E-state index >= 15 is 0 Å². The van der Waals surface area contributed by atoms with Crippen LogP contribution < -0.4 is 0 Å². The van der Waals surface area contributed by atoms with Crippen LogP contribution in [0.2, 0.25) is 0 Å². The van der Waals surface area contributed by atoms with Crippen LogP contribution in [0.4, 0.5) is 0 Å². The van der Waals surface area contributed by atoms with E-state index in [1.54, 1.807) is 6.20 Å². The maximum atomic E-state index is 12.4. The Morgan fingerprint density at radius 3 is 3.17 bits per heavy atom. The van der Waals surface area contributed by atoms with Crippen molar-refractivity contribution in [3.05, 3.63) is 30.1 Å². The topological polar surface area (TPSA) is 54.9 Å². The first-order valence-electron chi connectivity index (χ1n) is 8.60. The van der Waals surface area contributed by atoms with Crippen molar-refractivity contribution >= 4 is 5.91 Å². The van der Waals surface area contributed by atoms with Gasteiger partial charge in [-0.05, 0) is 38.6 Å². The summed E-state index contributed by atoms with van der Waals surface area (Å²) in [5.74, 6) is 0.192. The zero-order chi connectivity index (χ0) is 17.0. The van der Waals surface area contributed by atoms with Crippen molar-refractivity contribution in [3.63, 3.8) is 0 Å². The number of piperidine rings is 1. The Hall–Kier alpha value is -1.50. The molecule has 1 amide bonds. The second-order valence-corrected chi connectivity index (χ2v) is 7.17. The summed E-state index contributed by atoms with van der Waals surface area (Å²) in [7, 11) is 3.85. The van der Waals surface area contributed by atoms with Crippen LogP contribution in [-0.4, -0.2) is 73.7 Å². The van der Waals surface area contributed by atoms with Crippen molar-refractivity contribution in [2.45, 2.75) is 25.6 Å². The average Bonchev–Trinajstić information content (AvgIpc) is 2.98. The highest BCUT2D eigenvalue weighted by Gasteiger charge is 2.48. The number of rotatable bonds is 6. The fourth-order valence-corrected chi connectivity index (χ4v) is 3.69. The third kappa shape index (κ3) is 3.94. The molecular formula is C18H27N3O3. The Bertz CT molecular complexity index is 552. The van der Waals surface area contributed by atoms with E-state index in [-0.39, 0.29) is 17.4 Å². The van der Waals surface area contributed by atoms with Crippen molar-refractivity contribution < 1.29 is 14.3 Å². The van der Waals surface area contributed by atoms with Crippen molar-refractivity contribution in [1.29, 1.82) is 0 Å². The summed E-state index contributed by atoms with van der Waals surface area (Å²) < 4.78 is 11.9. The molecule has 2 aliphatic heterocycles. The van der Waals surface area contributed by atoms with E-state index in [0.29, 0.717) is 19.8 Å². The fourth-order valence-electron chi connectivity index (χ4n) is 3.69. The predicted octanol–water partition coefficient (Wildman–Crippen LogP) is 1.17. The Kier molecular flexibility index (Phi) is 5.48. The van der Waals surface area contributed by atoms with Crippen LogP contribution in [0.1, 0.15) is 18.4 Å². The third-order valence-corrected chi connectivity index (χ3v) is 4.95. The molecule has 0 radical (unpaired) electrons. The number of aromatic nitrogens is 1. The van der Waals surface area contributed by atoms with Gasteiger partial charge in [0.2, 0.25) is 5.91 Å². The molecule has 3 rings (SSSR count). The van der Waals surface area contributed by atoms with Gasteiger partial charge in [0.15, 0.2) is 0 Å². The Balaban J connectivity index is 1.60. The molecule has 2 aliphatic rings. The summed E-state index contributed by atoms with van der Waals surface area (Å²) in [4.78, 5) is 20.5. The first-order valence-corrected chi connectivity index (χ1v) is 8.60. The quantitative estimate of drug-likeness (QED) is 0.782. The van der Waals surface area contributed by atoms with Crippen LogP contribution in [0.5, 0.6) is 0 Å². The summed E-state index contributed by atoms with van der Waals surface area (Å²) in [6.07, 6.45) is 5.65. The van der Waals surface area contributed by atoms with Gasteiger partial charge in [-0.15, -0.1) is 0 Å². The molecule has 132 valence electrons. The van der Waals surface area contributed by atoms with Gasteiger partial charge in [-0.25, -0.2) is 0 Å². The maximum Gasteiger partial charge on any atom is 0.236 e. The largest absolute Gasteiger partial charge is 0.377 e. The van der Waals surface area contributed by atoms with Gasteiger partial charge in [-0.2, -0.15) is 0 Å². The lowest BCUT2D eigenvalue weighted by molar-refractivity contribution is -0.140. The number of likely N-dealkylation sites (tertiary alicyclic amines) is 1. The van der Waals surface area contributed by atoms with E-state index < -0.39 is 0 Å². The van der Waals surface area contributed by atoms with E-state index in [0.717, 1.165) is 38.1 Å². The van der Waals surface area contributed by atoms with Gasteiger partial charge < -0.3 is 19.3 Å². The third-order valence-electron chi connectivity index (χ3n) is 4.95. The summed E-state index contributed by atoms with van der Waals surface area (Å²) in [5, 5.41) is 0. The van der Waals surface area contributed by atoms with Gasteiger partial charge in [0.1, 0.15) is 0 Å². The first kappa shape index (κ1) is 17.3. The molecule has 0 saturated carbocycles. The number of carbonyl (C=O) groups excluding carboxylic acids is 1. The molecule has 2 fully saturated rings. The molecule has 1 aromatic heterocycles. The lowest BCUT2D eigenvalue weighted by atomic mass is 9.77. The number of hydrogen-bond acceptors (Lipinski definition) is 5. The minimum atomic E-state index is -0.0670. The van der Waals surface area contributed by atoms with E-state index in [1.165, 1.54) is 0 Å². The highest BCUT2D eigenvalue weighted by atomic mass is 16.5. The van der Waals surface area contributed by atoms with Crippen molar-refractivity contribution in [1.82, 2.24) is 14.8 Å². The summed E-state index contributed by atoms with van der Waals surface area (Å²) in [6.45, 7) is 3.90. The highest BCUT2D eigenvalue weighted by molar-refractivity contribution is 5.78. The lowest BCUT2D eigenvalue weighted by Gasteiger charge is -2.43. The Morgan fingerprint density at radius 1 is 1.54 bits per heavy atom. The lowest BCUT2D eigenvalue weighted by Crippen LogP contribution is -2.54. The number of nitrogens with zero attached hydrogens (tertiary/aromatic N) is 3. The number of pyridine rings is 1.